The van der Waals surface area contributed by atoms with E-state index in [0.29, 0.717) is 23.2 Å². The van der Waals surface area contributed by atoms with Crippen molar-refractivity contribution < 1.29 is 14.4 Å². The summed E-state index contributed by atoms with van der Waals surface area (Å²) in [6.07, 6.45) is 3.84. The highest BCUT2D eigenvalue weighted by molar-refractivity contribution is 7.10. The number of fused-ring (bicyclic) bond motifs is 1. The number of nitrogens with zero attached hydrogens (tertiary/aromatic N) is 2. The molecule has 4 aromatic rings. The predicted octanol–water partition coefficient (Wildman–Crippen LogP) is 3.30. The Morgan fingerprint density at radius 2 is 1.89 bits per heavy atom. The molecule has 1 N–H and O–H groups in total. The smallest absolute Gasteiger partial charge is 0.255 e. The molecular weight excluding hydrogens is 374 g/mol. The lowest BCUT2D eigenvalue weighted by Gasteiger charge is -2.12. The van der Waals surface area contributed by atoms with Crippen molar-refractivity contribution in [2.45, 2.75) is 6.04 Å². The van der Waals surface area contributed by atoms with Crippen molar-refractivity contribution in [3.63, 3.8) is 0 Å². The van der Waals surface area contributed by atoms with Crippen LogP contribution in [0.3, 0.4) is 0 Å². The van der Waals surface area contributed by atoms with Crippen LogP contribution in [-0.4, -0.2) is 27.4 Å². The van der Waals surface area contributed by atoms with Crippen molar-refractivity contribution in [1.29, 1.82) is 0 Å². The van der Waals surface area contributed by atoms with Gasteiger partial charge < -0.3 is 10.1 Å². The second-order valence-electron chi connectivity index (χ2n) is 6.06. The molecule has 3 aromatic heterocycles. The average molecular weight is 389 g/mol. The van der Waals surface area contributed by atoms with Crippen molar-refractivity contribution in [2.24, 2.45) is 0 Å². The van der Waals surface area contributed by atoms with Crippen molar-refractivity contribution in [1.82, 2.24) is 14.7 Å². The molecule has 0 fully saturated rings. The molecule has 0 saturated carbocycles. The third-order valence-electron chi connectivity index (χ3n) is 4.32. The van der Waals surface area contributed by atoms with Crippen LogP contribution >= 0.6 is 11.3 Å². The van der Waals surface area contributed by atoms with Gasteiger partial charge in [0.1, 0.15) is 23.7 Å². The van der Waals surface area contributed by atoms with Gasteiger partial charge in [-0.05, 0) is 23.6 Å². The molecule has 28 heavy (non-hydrogen) atoms. The van der Waals surface area contributed by atoms with Gasteiger partial charge in [-0.1, -0.05) is 36.4 Å². The van der Waals surface area contributed by atoms with Crippen LogP contribution < -0.4 is 5.32 Å². The summed E-state index contributed by atoms with van der Waals surface area (Å²) < 4.78 is 1.59. The van der Waals surface area contributed by atoms with E-state index in [1.807, 2.05) is 17.5 Å². The van der Waals surface area contributed by atoms with Crippen molar-refractivity contribution in [2.75, 3.05) is 0 Å². The first-order valence-electron chi connectivity index (χ1n) is 8.54. The predicted molar refractivity (Wildman–Crippen MR) is 106 cm³/mol. The van der Waals surface area contributed by atoms with Crippen LogP contribution in [0.4, 0.5) is 0 Å². The van der Waals surface area contributed by atoms with Crippen LogP contribution in [0.1, 0.15) is 37.3 Å². The minimum atomic E-state index is -0.729. The Morgan fingerprint density at radius 3 is 2.61 bits per heavy atom. The first-order valence-corrected chi connectivity index (χ1v) is 9.42. The molecule has 0 radical (unpaired) electrons. The van der Waals surface area contributed by atoms with E-state index in [2.05, 4.69) is 10.3 Å². The molecule has 0 aliphatic heterocycles. The van der Waals surface area contributed by atoms with Crippen LogP contribution in [0.25, 0.3) is 5.65 Å². The van der Waals surface area contributed by atoms with Crippen molar-refractivity contribution in [3.05, 3.63) is 94.1 Å². The minimum Gasteiger partial charge on any atom is -0.338 e. The fourth-order valence-electron chi connectivity index (χ4n) is 2.95. The largest absolute Gasteiger partial charge is 0.338 e. The summed E-state index contributed by atoms with van der Waals surface area (Å²) in [7, 11) is 0. The van der Waals surface area contributed by atoms with Gasteiger partial charge in [-0.3, -0.25) is 14.0 Å². The lowest BCUT2D eigenvalue weighted by Crippen LogP contribution is -2.29. The number of carbonyl (C=O) groups is 3. The van der Waals surface area contributed by atoms with Crippen LogP contribution in [0.5, 0.6) is 0 Å². The van der Waals surface area contributed by atoms with Gasteiger partial charge in [0.25, 0.3) is 5.91 Å². The molecular formula is C21H15N3O3S. The molecule has 1 amide bonds. The molecule has 6 nitrogen and oxygen atoms in total. The van der Waals surface area contributed by atoms with Crippen LogP contribution in [0.2, 0.25) is 0 Å². The zero-order valence-electron chi connectivity index (χ0n) is 14.6. The quantitative estimate of drug-likeness (QED) is 0.405. The van der Waals surface area contributed by atoms with Gasteiger partial charge in [-0.15, -0.1) is 11.3 Å². The third-order valence-corrected chi connectivity index (χ3v) is 5.28. The Bertz CT molecular complexity index is 1150. The Balaban J connectivity index is 1.67. The van der Waals surface area contributed by atoms with E-state index < -0.39 is 11.9 Å². The van der Waals surface area contributed by atoms with E-state index in [1.165, 1.54) is 17.5 Å². The maximum absolute atomic E-state index is 12.8. The number of ketones is 1. The zero-order chi connectivity index (χ0) is 19.5. The summed E-state index contributed by atoms with van der Waals surface area (Å²) >= 11 is 1.39. The zero-order valence-corrected chi connectivity index (χ0v) is 15.4. The number of thiophene rings is 1. The van der Waals surface area contributed by atoms with Crippen molar-refractivity contribution in [3.8, 4) is 0 Å². The Morgan fingerprint density at radius 1 is 1.07 bits per heavy atom. The lowest BCUT2D eigenvalue weighted by molar-refractivity contribution is -0.109. The molecule has 7 heteroatoms. The highest BCUT2D eigenvalue weighted by atomic mass is 32.1. The molecule has 3 heterocycles. The number of benzene rings is 1. The van der Waals surface area contributed by atoms with Crippen LogP contribution in [0, 0.1) is 0 Å². The van der Waals surface area contributed by atoms with Gasteiger partial charge in [0.15, 0.2) is 0 Å². The number of carbonyl (C=O) groups excluding carboxylic acids is 3. The van der Waals surface area contributed by atoms with Gasteiger partial charge in [-0.2, -0.15) is 0 Å². The second-order valence-corrected chi connectivity index (χ2v) is 7.04. The van der Waals surface area contributed by atoms with E-state index in [0.717, 1.165) is 4.88 Å². The highest BCUT2D eigenvalue weighted by Crippen LogP contribution is 2.20. The fourth-order valence-corrected chi connectivity index (χ4v) is 3.69. The maximum atomic E-state index is 12.8. The van der Waals surface area contributed by atoms with Gasteiger partial charge in [0, 0.05) is 16.6 Å². The van der Waals surface area contributed by atoms with E-state index in [4.69, 9.17) is 0 Å². The molecule has 0 bridgehead atoms. The molecule has 0 spiro atoms. The highest BCUT2D eigenvalue weighted by Gasteiger charge is 2.21. The number of pyridine rings is 1. The summed E-state index contributed by atoms with van der Waals surface area (Å²) in [5.74, 6) is -0.615. The third kappa shape index (κ3) is 3.23. The van der Waals surface area contributed by atoms with Gasteiger partial charge >= 0.3 is 0 Å². The SMILES string of the molecule is O=CC(NC(=O)c1cccn2c(C(=O)c3ccccc3)cnc12)c1cccs1. The monoisotopic (exact) mass is 389 g/mol. The summed E-state index contributed by atoms with van der Waals surface area (Å²) in [4.78, 5) is 42.0. The number of hydrogen-bond acceptors (Lipinski definition) is 5. The fraction of sp³-hybridized carbons (Fsp3) is 0.0476. The molecule has 4 rings (SSSR count). The van der Waals surface area contributed by atoms with Crippen LogP contribution in [0.15, 0.2) is 72.4 Å². The molecule has 1 unspecified atom stereocenters. The first-order chi connectivity index (χ1) is 13.7. The number of nitrogens with one attached hydrogen (secondary N) is 1. The topological polar surface area (TPSA) is 80.5 Å². The van der Waals surface area contributed by atoms with Crippen molar-refractivity contribution >= 4 is 35.0 Å². The normalized spacial score (nSPS) is 11.9. The van der Waals surface area contributed by atoms with E-state index in [1.54, 1.807) is 53.1 Å². The lowest BCUT2D eigenvalue weighted by atomic mass is 10.1. The summed E-state index contributed by atoms with van der Waals surface area (Å²) in [6, 6.07) is 15.0. The van der Waals surface area contributed by atoms with Gasteiger partial charge in [0.05, 0.1) is 11.8 Å². The number of hydrogen-bond donors (Lipinski definition) is 1. The Hall–Kier alpha value is -3.58. The maximum Gasteiger partial charge on any atom is 0.255 e. The molecule has 0 aliphatic rings. The number of imidazole rings is 1. The second kappa shape index (κ2) is 7.58. The Labute approximate surface area is 164 Å². The minimum absolute atomic E-state index is 0.185. The number of amides is 1. The average Bonchev–Trinajstić information content (AvgIpc) is 3.41. The summed E-state index contributed by atoms with van der Waals surface area (Å²) in [5.41, 5.74) is 1.55. The van der Waals surface area contributed by atoms with Gasteiger partial charge in [-0.25, -0.2) is 4.98 Å². The Kier molecular flexibility index (Phi) is 4.82. The number of aromatic nitrogens is 2. The van der Waals surface area contributed by atoms with Gasteiger partial charge in [0.2, 0.25) is 5.78 Å². The van der Waals surface area contributed by atoms with E-state index in [-0.39, 0.29) is 11.3 Å². The standard InChI is InChI=1S/C21H15N3O3S/c25-13-16(18-9-5-11-28-18)23-21(27)15-8-4-10-24-17(12-22-20(15)24)19(26)14-6-2-1-3-7-14/h1-13,16H,(H,23,27). The summed E-state index contributed by atoms with van der Waals surface area (Å²) in [5, 5.41) is 4.55. The number of aldehydes is 1. The summed E-state index contributed by atoms with van der Waals surface area (Å²) in [6.45, 7) is 0. The number of rotatable bonds is 6. The van der Waals surface area contributed by atoms with E-state index >= 15 is 0 Å². The van der Waals surface area contributed by atoms with Crippen LogP contribution in [-0.2, 0) is 4.79 Å². The molecule has 0 aliphatic carbocycles. The molecule has 1 aromatic carbocycles. The molecule has 1 atom stereocenters. The first kappa shape index (κ1) is 17.8. The molecule has 0 saturated heterocycles. The molecule has 138 valence electrons. The van der Waals surface area contributed by atoms with E-state index in [9.17, 15) is 14.4 Å².